The fourth-order valence-electron chi connectivity index (χ4n) is 0.643. The minimum atomic E-state index is 0.826. The highest BCUT2D eigenvalue weighted by atomic mass is 127. The highest BCUT2D eigenvalue weighted by molar-refractivity contribution is 14.1. The summed E-state index contributed by atoms with van der Waals surface area (Å²) < 4.78 is 1.69. The maximum atomic E-state index is 2.55. The standard InChI is InChI=1S/C7H14I2/c1-4-6(8)7(9)5(2)3/h5-7H,4H2,1-3H3. The topological polar surface area (TPSA) is 0 Å². The summed E-state index contributed by atoms with van der Waals surface area (Å²) in [5.74, 6) is 0.826. The van der Waals surface area contributed by atoms with Crippen LogP contribution in [0.25, 0.3) is 0 Å². The van der Waals surface area contributed by atoms with Crippen molar-refractivity contribution in [1.29, 1.82) is 0 Å². The number of hydrogen-bond acceptors (Lipinski definition) is 0. The van der Waals surface area contributed by atoms with Crippen molar-refractivity contribution in [1.82, 2.24) is 0 Å². The quantitative estimate of drug-likeness (QED) is 0.537. The molecule has 0 aromatic heterocycles. The van der Waals surface area contributed by atoms with Crippen LogP contribution in [0, 0.1) is 5.92 Å². The summed E-state index contributed by atoms with van der Waals surface area (Å²) in [6, 6.07) is 0. The molecule has 0 fully saturated rings. The zero-order chi connectivity index (χ0) is 7.44. The van der Waals surface area contributed by atoms with Crippen molar-refractivity contribution in [2.24, 2.45) is 5.92 Å². The Balaban J connectivity index is 3.58. The van der Waals surface area contributed by atoms with E-state index < -0.39 is 0 Å². The Morgan fingerprint density at radius 1 is 1.22 bits per heavy atom. The largest absolute Gasteiger partial charge is 0.0815 e. The first-order valence-electron chi connectivity index (χ1n) is 3.37. The highest BCUT2D eigenvalue weighted by Gasteiger charge is 2.16. The molecule has 0 heterocycles. The van der Waals surface area contributed by atoms with Gasteiger partial charge >= 0.3 is 0 Å². The van der Waals surface area contributed by atoms with E-state index in [-0.39, 0.29) is 0 Å². The van der Waals surface area contributed by atoms with Crippen LogP contribution in [0.2, 0.25) is 0 Å². The summed E-state index contributed by atoms with van der Waals surface area (Å²) in [5.41, 5.74) is 0. The average Bonchev–Trinajstić information content (AvgIpc) is 1.84. The molecule has 0 N–H and O–H groups in total. The van der Waals surface area contributed by atoms with E-state index in [1.54, 1.807) is 0 Å². The van der Waals surface area contributed by atoms with Gasteiger partial charge in [-0.2, -0.15) is 0 Å². The second-order valence-corrected chi connectivity index (χ2v) is 5.65. The first kappa shape index (κ1) is 10.5. The van der Waals surface area contributed by atoms with Crippen molar-refractivity contribution >= 4 is 45.2 Å². The van der Waals surface area contributed by atoms with E-state index in [1.165, 1.54) is 6.42 Å². The Hall–Kier alpha value is 1.46. The Bertz CT molecular complexity index is 71.3. The fraction of sp³-hybridized carbons (Fsp3) is 1.00. The summed E-state index contributed by atoms with van der Waals surface area (Å²) in [6.07, 6.45) is 1.30. The lowest BCUT2D eigenvalue weighted by molar-refractivity contribution is 0.607. The second-order valence-electron chi connectivity index (χ2n) is 2.61. The molecular formula is C7H14I2. The molecular weight excluding hydrogens is 338 g/mol. The van der Waals surface area contributed by atoms with Crippen LogP contribution in [0.15, 0.2) is 0 Å². The van der Waals surface area contributed by atoms with E-state index in [0.717, 1.165) is 13.8 Å². The van der Waals surface area contributed by atoms with E-state index in [2.05, 4.69) is 66.0 Å². The third-order valence-electron chi connectivity index (χ3n) is 1.37. The van der Waals surface area contributed by atoms with E-state index in [1.807, 2.05) is 0 Å². The Morgan fingerprint density at radius 2 is 1.67 bits per heavy atom. The molecule has 0 aliphatic rings. The van der Waals surface area contributed by atoms with Crippen molar-refractivity contribution in [3.05, 3.63) is 0 Å². The van der Waals surface area contributed by atoms with Crippen molar-refractivity contribution in [3.8, 4) is 0 Å². The van der Waals surface area contributed by atoms with Crippen molar-refractivity contribution in [2.75, 3.05) is 0 Å². The molecule has 0 rings (SSSR count). The Labute approximate surface area is 85.5 Å². The minimum Gasteiger partial charge on any atom is -0.0815 e. The van der Waals surface area contributed by atoms with Gasteiger partial charge in [-0.05, 0) is 12.3 Å². The van der Waals surface area contributed by atoms with Gasteiger partial charge in [-0.1, -0.05) is 66.0 Å². The van der Waals surface area contributed by atoms with Gasteiger partial charge in [0.15, 0.2) is 0 Å². The van der Waals surface area contributed by atoms with Crippen molar-refractivity contribution in [3.63, 3.8) is 0 Å². The molecule has 0 bridgehead atoms. The smallest absolute Gasteiger partial charge is 0.0250 e. The normalized spacial score (nSPS) is 18.0. The molecule has 2 atom stereocenters. The summed E-state index contributed by atoms with van der Waals surface area (Å²) in [7, 11) is 0. The number of hydrogen-bond donors (Lipinski definition) is 0. The third kappa shape index (κ3) is 4.01. The highest BCUT2D eigenvalue weighted by Crippen LogP contribution is 2.24. The van der Waals surface area contributed by atoms with Crippen LogP contribution in [0.3, 0.4) is 0 Å². The monoisotopic (exact) mass is 352 g/mol. The second kappa shape index (κ2) is 5.16. The van der Waals surface area contributed by atoms with Crippen molar-refractivity contribution < 1.29 is 0 Å². The van der Waals surface area contributed by atoms with Gasteiger partial charge in [0.1, 0.15) is 0 Å². The molecule has 56 valence electrons. The van der Waals surface area contributed by atoms with Gasteiger partial charge in [0.05, 0.1) is 0 Å². The Kier molecular flexibility index (Phi) is 5.99. The van der Waals surface area contributed by atoms with Crippen LogP contribution in [0.1, 0.15) is 27.2 Å². The maximum Gasteiger partial charge on any atom is 0.0250 e. The molecule has 0 aliphatic carbocycles. The Morgan fingerprint density at radius 3 is 1.78 bits per heavy atom. The number of rotatable bonds is 3. The molecule has 0 aromatic rings. The molecule has 2 unspecified atom stereocenters. The van der Waals surface area contributed by atoms with Crippen LogP contribution in [-0.4, -0.2) is 7.85 Å². The first-order valence-corrected chi connectivity index (χ1v) is 5.86. The SMILES string of the molecule is CCC(I)C(I)C(C)C. The van der Waals surface area contributed by atoms with Gasteiger partial charge in [-0.25, -0.2) is 0 Å². The molecule has 0 aromatic carbocycles. The van der Waals surface area contributed by atoms with Crippen molar-refractivity contribution in [2.45, 2.75) is 35.0 Å². The predicted molar refractivity (Wildman–Crippen MR) is 60.7 cm³/mol. The zero-order valence-corrected chi connectivity index (χ0v) is 10.5. The van der Waals surface area contributed by atoms with Crippen LogP contribution in [0.4, 0.5) is 0 Å². The van der Waals surface area contributed by atoms with Gasteiger partial charge < -0.3 is 0 Å². The molecule has 2 heteroatoms. The summed E-state index contributed by atoms with van der Waals surface area (Å²) >= 11 is 5.09. The predicted octanol–water partition coefficient (Wildman–Crippen LogP) is 3.66. The van der Waals surface area contributed by atoms with Crippen LogP contribution in [-0.2, 0) is 0 Å². The molecule has 0 saturated carbocycles. The van der Waals surface area contributed by atoms with Gasteiger partial charge in [0.25, 0.3) is 0 Å². The molecule has 0 amide bonds. The number of halogens is 2. The van der Waals surface area contributed by atoms with E-state index >= 15 is 0 Å². The van der Waals surface area contributed by atoms with E-state index in [4.69, 9.17) is 0 Å². The lowest BCUT2D eigenvalue weighted by atomic mass is 10.1. The summed E-state index contributed by atoms with van der Waals surface area (Å²) in [5, 5.41) is 0. The first-order chi connectivity index (χ1) is 4.09. The molecule has 0 aliphatic heterocycles. The number of alkyl halides is 2. The maximum absolute atomic E-state index is 2.55. The molecule has 0 radical (unpaired) electrons. The molecule has 0 saturated heterocycles. The van der Waals surface area contributed by atoms with Gasteiger partial charge in [-0.15, -0.1) is 0 Å². The lowest BCUT2D eigenvalue weighted by Crippen LogP contribution is -2.18. The third-order valence-corrected chi connectivity index (χ3v) is 6.71. The van der Waals surface area contributed by atoms with Crippen LogP contribution >= 0.6 is 45.2 Å². The molecule has 0 nitrogen and oxygen atoms in total. The molecule has 9 heavy (non-hydrogen) atoms. The van der Waals surface area contributed by atoms with Gasteiger partial charge in [-0.3, -0.25) is 0 Å². The van der Waals surface area contributed by atoms with Crippen LogP contribution < -0.4 is 0 Å². The zero-order valence-electron chi connectivity index (χ0n) is 6.20. The van der Waals surface area contributed by atoms with E-state index in [0.29, 0.717) is 0 Å². The fourth-order valence-corrected chi connectivity index (χ4v) is 1.98. The van der Waals surface area contributed by atoms with Crippen LogP contribution in [0.5, 0.6) is 0 Å². The lowest BCUT2D eigenvalue weighted by Gasteiger charge is -2.18. The van der Waals surface area contributed by atoms with Gasteiger partial charge in [0.2, 0.25) is 0 Å². The summed E-state index contributed by atoms with van der Waals surface area (Å²) in [6.45, 7) is 6.84. The molecule has 0 spiro atoms. The summed E-state index contributed by atoms with van der Waals surface area (Å²) in [4.78, 5) is 0. The van der Waals surface area contributed by atoms with E-state index in [9.17, 15) is 0 Å². The average molecular weight is 352 g/mol. The van der Waals surface area contributed by atoms with Gasteiger partial charge in [0, 0.05) is 7.85 Å². The minimum absolute atomic E-state index is 0.826.